The summed E-state index contributed by atoms with van der Waals surface area (Å²) in [6, 6.07) is 11.0. The minimum absolute atomic E-state index is 0.169. The van der Waals surface area contributed by atoms with E-state index in [4.69, 9.17) is 9.47 Å². The van der Waals surface area contributed by atoms with Crippen molar-refractivity contribution < 1.29 is 27.1 Å². The van der Waals surface area contributed by atoms with E-state index in [9.17, 15) is 17.6 Å². The van der Waals surface area contributed by atoms with Gasteiger partial charge in [0, 0.05) is 0 Å². The number of benzene rings is 2. The number of ether oxygens (including phenoxy) is 2. The first-order chi connectivity index (χ1) is 13.2. The molecule has 0 radical (unpaired) electrons. The Balaban J connectivity index is 1.98. The lowest BCUT2D eigenvalue weighted by atomic mass is 10.2. The molecule has 0 fully saturated rings. The van der Waals surface area contributed by atoms with Gasteiger partial charge in [0.2, 0.25) is 15.9 Å². The first-order valence-electron chi connectivity index (χ1n) is 8.52. The molecular formula is C19H23FN2O5S. The molecule has 0 saturated carbocycles. The molecule has 0 spiro atoms. The predicted octanol–water partition coefficient (Wildman–Crippen LogP) is 2.18. The van der Waals surface area contributed by atoms with Gasteiger partial charge in [-0.1, -0.05) is 12.1 Å². The lowest BCUT2D eigenvalue weighted by Crippen LogP contribution is -2.48. The lowest BCUT2D eigenvalue weighted by molar-refractivity contribution is -0.121. The van der Waals surface area contributed by atoms with Gasteiger partial charge in [0.1, 0.15) is 18.5 Å². The third kappa shape index (κ3) is 5.59. The number of methoxy groups -OCH3 is 1. The number of nitrogens with zero attached hydrogens (tertiary/aromatic N) is 1. The van der Waals surface area contributed by atoms with Crippen molar-refractivity contribution in [3.05, 3.63) is 54.3 Å². The molecule has 1 amide bonds. The number of nitrogens with one attached hydrogen (secondary N) is 1. The zero-order chi connectivity index (χ0) is 20.7. The number of sulfonamides is 1. The highest BCUT2D eigenvalue weighted by Crippen LogP contribution is 2.25. The van der Waals surface area contributed by atoms with Crippen molar-refractivity contribution >= 4 is 21.6 Å². The largest absolute Gasteiger partial charge is 0.493 e. The van der Waals surface area contributed by atoms with Crippen LogP contribution in [0.4, 0.5) is 10.1 Å². The molecule has 152 valence electrons. The van der Waals surface area contributed by atoms with Crippen LogP contribution in [-0.2, 0) is 14.8 Å². The normalized spacial score (nSPS) is 12.1. The zero-order valence-electron chi connectivity index (χ0n) is 15.9. The molecule has 7 nitrogen and oxygen atoms in total. The summed E-state index contributed by atoms with van der Waals surface area (Å²) in [5.74, 6) is 0.110. The maximum absolute atomic E-state index is 13.1. The first kappa shape index (κ1) is 21.5. The van der Waals surface area contributed by atoms with Gasteiger partial charge in [0.15, 0.2) is 11.5 Å². The third-order valence-corrected chi connectivity index (χ3v) is 5.14. The summed E-state index contributed by atoms with van der Waals surface area (Å²) in [6.07, 6.45) is 0.991. The molecular weight excluding hydrogens is 387 g/mol. The standard InChI is InChI=1S/C19H23FN2O5S/c1-14(22(28(3,24)25)16-10-8-15(20)9-11-16)19(23)21-12-13-27-18-7-5-4-6-17(18)26-2/h4-11,14H,12-13H2,1-3H3,(H,21,23)/t14-/m0/s1. The Labute approximate surface area is 164 Å². The Hall–Kier alpha value is -2.81. The van der Waals surface area contributed by atoms with Crippen molar-refractivity contribution in [3.8, 4) is 11.5 Å². The van der Waals surface area contributed by atoms with Gasteiger partial charge in [-0.05, 0) is 43.3 Å². The molecule has 28 heavy (non-hydrogen) atoms. The molecule has 2 rings (SSSR count). The Kier molecular flexibility index (Phi) is 7.22. The Morgan fingerprint density at radius 3 is 2.32 bits per heavy atom. The van der Waals surface area contributed by atoms with E-state index in [0.717, 1.165) is 22.7 Å². The van der Waals surface area contributed by atoms with Crippen LogP contribution in [0.15, 0.2) is 48.5 Å². The van der Waals surface area contributed by atoms with E-state index >= 15 is 0 Å². The SMILES string of the molecule is COc1ccccc1OCCNC(=O)[C@H](C)N(c1ccc(F)cc1)S(C)(=O)=O. The first-order valence-corrected chi connectivity index (χ1v) is 10.4. The second-order valence-corrected chi connectivity index (χ2v) is 7.86. The fourth-order valence-corrected chi connectivity index (χ4v) is 3.79. The van der Waals surface area contributed by atoms with E-state index in [-0.39, 0.29) is 18.8 Å². The number of carbonyl (C=O) groups excluding carboxylic acids is 1. The maximum Gasteiger partial charge on any atom is 0.243 e. The van der Waals surface area contributed by atoms with Crippen LogP contribution in [0.1, 0.15) is 6.92 Å². The quantitative estimate of drug-likeness (QED) is 0.641. The topological polar surface area (TPSA) is 84.9 Å². The van der Waals surface area contributed by atoms with E-state index in [1.54, 1.807) is 18.2 Å². The molecule has 0 aliphatic heterocycles. The van der Waals surface area contributed by atoms with Crippen molar-refractivity contribution in [2.45, 2.75) is 13.0 Å². The molecule has 0 saturated heterocycles. The fourth-order valence-electron chi connectivity index (χ4n) is 2.62. The number of halogens is 1. The summed E-state index contributed by atoms with van der Waals surface area (Å²) in [6.45, 7) is 1.80. The van der Waals surface area contributed by atoms with E-state index < -0.39 is 27.8 Å². The van der Waals surface area contributed by atoms with Crippen LogP contribution < -0.4 is 19.1 Å². The number of hydrogen-bond donors (Lipinski definition) is 1. The average molecular weight is 410 g/mol. The van der Waals surface area contributed by atoms with Crippen LogP contribution in [0.3, 0.4) is 0 Å². The molecule has 1 atom stereocenters. The summed E-state index contributed by atoms with van der Waals surface area (Å²) in [5.41, 5.74) is 0.205. The third-order valence-electron chi connectivity index (χ3n) is 3.90. The van der Waals surface area contributed by atoms with Gasteiger partial charge in [-0.3, -0.25) is 9.10 Å². The number of rotatable bonds is 9. The molecule has 2 aromatic rings. The van der Waals surface area contributed by atoms with E-state index in [1.807, 2.05) is 6.07 Å². The highest BCUT2D eigenvalue weighted by molar-refractivity contribution is 7.92. The Morgan fingerprint density at radius 1 is 1.14 bits per heavy atom. The van der Waals surface area contributed by atoms with Gasteiger partial charge >= 0.3 is 0 Å². The summed E-state index contributed by atoms with van der Waals surface area (Å²) < 4.78 is 49.2. The van der Waals surface area contributed by atoms with Crippen molar-refractivity contribution in [2.24, 2.45) is 0 Å². The number of carbonyl (C=O) groups is 1. The van der Waals surface area contributed by atoms with E-state index in [0.29, 0.717) is 11.5 Å². The molecule has 0 heterocycles. The number of amides is 1. The van der Waals surface area contributed by atoms with E-state index in [2.05, 4.69) is 5.32 Å². The monoisotopic (exact) mass is 410 g/mol. The summed E-state index contributed by atoms with van der Waals surface area (Å²) in [5, 5.41) is 2.64. The average Bonchev–Trinajstić information content (AvgIpc) is 2.66. The molecule has 2 aromatic carbocycles. The van der Waals surface area contributed by atoms with E-state index in [1.165, 1.54) is 26.2 Å². The number of anilines is 1. The van der Waals surface area contributed by atoms with Crippen molar-refractivity contribution in [1.29, 1.82) is 0 Å². The molecule has 0 aromatic heterocycles. The maximum atomic E-state index is 13.1. The summed E-state index contributed by atoms with van der Waals surface area (Å²) in [4.78, 5) is 12.4. The van der Waals surface area contributed by atoms with Crippen LogP contribution >= 0.6 is 0 Å². The van der Waals surface area contributed by atoms with Crippen LogP contribution in [0.25, 0.3) is 0 Å². The van der Waals surface area contributed by atoms with Gasteiger partial charge in [-0.25, -0.2) is 12.8 Å². The van der Waals surface area contributed by atoms with Crippen LogP contribution in [0.2, 0.25) is 0 Å². The highest BCUT2D eigenvalue weighted by Gasteiger charge is 2.28. The second-order valence-electron chi connectivity index (χ2n) is 6.00. The Bertz CT molecular complexity index is 903. The predicted molar refractivity (Wildman–Crippen MR) is 105 cm³/mol. The molecule has 0 bridgehead atoms. The zero-order valence-corrected chi connectivity index (χ0v) is 16.7. The second kappa shape index (κ2) is 9.41. The smallest absolute Gasteiger partial charge is 0.243 e. The van der Waals surface area contributed by atoms with Gasteiger partial charge in [0.05, 0.1) is 25.6 Å². The van der Waals surface area contributed by atoms with Gasteiger partial charge in [-0.15, -0.1) is 0 Å². The molecule has 9 heteroatoms. The van der Waals surface area contributed by atoms with Gasteiger partial charge in [0.25, 0.3) is 0 Å². The number of para-hydroxylation sites is 2. The van der Waals surface area contributed by atoms with Crippen molar-refractivity contribution in [3.63, 3.8) is 0 Å². The lowest BCUT2D eigenvalue weighted by Gasteiger charge is -2.28. The molecule has 1 N–H and O–H groups in total. The van der Waals surface area contributed by atoms with Gasteiger partial charge < -0.3 is 14.8 Å². The minimum Gasteiger partial charge on any atom is -0.493 e. The van der Waals surface area contributed by atoms with Crippen LogP contribution in [0, 0.1) is 5.82 Å². The fraction of sp³-hybridized carbons (Fsp3) is 0.316. The minimum atomic E-state index is -3.76. The molecule has 0 aliphatic carbocycles. The van der Waals surface area contributed by atoms with Crippen LogP contribution in [0.5, 0.6) is 11.5 Å². The highest BCUT2D eigenvalue weighted by atomic mass is 32.2. The summed E-state index contributed by atoms with van der Waals surface area (Å²) in [7, 11) is -2.23. The molecule has 0 aliphatic rings. The summed E-state index contributed by atoms with van der Waals surface area (Å²) >= 11 is 0. The van der Waals surface area contributed by atoms with Crippen molar-refractivity contribution in [2.75, 3.05) is 30.8 Å². The Morgan fingerprint density at radius 2 is 1.75 bits per heavy atom. The molecule has 0 unspecified atom stereocenters. The van der Waals surface area contributed by atoms with Gasteiger partial charge in [-0.2, -0.15) is 0 Å². The number of hydrogen-bond acceptors (Lipinski definition) is 5. The van der Waals surface area contributed by atoms with Crippen molar-refractivity contribution in [1.82, 2.24) is 5.32 Å². The van der Waals surface area contributed by atoms with Crippen LogP contribution in [-0.4, -0.2) is 46.9 Å².